The maximum absolute atomic E-state index is 13.0. The van der Waals surface area contributed by atoms with Crippen LogP contribution in [0.15, 0.2) is 24.4 Å². The van der Waals surface area contributed by atoms with Gasteiger partial charge in [-0.15, -0.1) is 0 Å². The Labute approximate surface area is 187 Å². The number of nitrogens with zero attached hydrogens (tertiary/aromatic N) is 4. The molecule has 166 valence electrons. The van der Waals surface area contributed by atoms with E-state index in [0.717, 1.165) is 32.1 Å². The molecule has 0 radical (unpaired) electrons. The molecule has 31 heavy (non-hydrogen) atoms. The van der Waals surface area contributed by atoms with Crippen molar-refractivity contribution in [2.24, 2.45) is 5.92 Å². The molecule has 1 amide bonds. The van der Waals surface area contributed by atoms with Gasteiger partial charge in [-0.1, -0.05) is 18.0 Å². The largest absolute Gasteiger partial charge is 0.495 e. The van der Waals surface area contributed by atoms with Crippen molar-refractivity contribution in [1.82, 2.24) is 19.8 Å². The van der Waals surface area contributed by atoms with Crippen LogP contribution in [0.1, 0.15) is 29.6 Å². The summed E-state index contributed by atoms with van der Waals surface area (Å²) >= 11 is 6.05. The number of piperazine rings is 1. The summed E-state index contributed by atoms with van der Waals surface area (Å²) in [6.07, 6.45) is 5.61. The Balaban J connectivity index is 1.41. The first-order chi connectivity index (χ1) is 15.1. The number of benzene rings is 1. The van der Waals surface area contributed by atoms with Crippen molar-refractivity contribution < 1.29 is 9.53 Å². The molecule has 1 aromatic heterocycles. The van der Waals surface area contributed by atoms with Crippen LogP contribution in [0, 0.1) is 5.92 Å². The molecule has 1 aromatic carbocycles. The Morgan fingerprint density at radius 3 is 2.68 bits per heavy atom. The summed E-state index contributed by atoms with van der Waals surface area (Å²) in [7, 11) is 3.32. The van der Waals surface area contributed by atoms with Crippen molar-refractivity contribution in [1.29, 1.82) is 0 Å². The van der Waals surface area contributed by atoms with E-state index >= 15 is 0 Å². The summed E-state index contributed by atoms with van der Waals surface area (Å²) in [5.74, 6) is 2.36. The van der Waals surface area contributed by atoms with E-state index in [9.17, 15) is 4.79 Å². The lowest BCUT2D eigenvalue weighted by Crippen LogP contribution is -2.50. The fraction of sp³-hybridized carbons (Fsp3) is 0.500. The van der Waals surface area contributed by atoms with Crippen LogP contribution in [0.4, 0.5) is 17.5 Å². The number of ether oxygens (including phenoxy) is 1. The standard InChI is InChI=1S/C22H29ClN6O2/c1-24-20-17(23)13-25-22(27-20)26-18-7-6-16(12-19(18)31-2)21(30)29-10-8-28(9-11-29)14-15-4-3-5-15/h6-7,12-13,15H,3-5,8-11,14H2,1-2H3,(H2,24,25,26,27). The molecule has 9 heteroatoms. The quantitative estimate of drug-likeness (QED) is 0.676. The number of amides is 1. The van der Waals surface area contributed by atoms with E-state index in [0.29, 0.717) is 33.8 Å². The first kappa shape index (κ1) is 21.6. The smallest absolute Gasteiger partial charge is 0.254 e. The monoisotopic (exact) mass is 444 g/mol. The number of carbonyl (C=O) groups is 1. The molecule has 2 N–H and O–H groups in total. The lowest BCUT2D eigenvalue weighted by Gasteiger charge is -2.38. The van der Waals surface area contributed by atoms with E-state index in [4.69, 9.17) is 16.3 Å². The van der Waals surface area contributed by atoms with Crippen molar-refractivity contribution in [3.8, 4) is 5.75 Å². The third-order valence-electron chi connectivity index (χ3n) is 6.08. The second-order valence-corrected chi connectivity index (χ2v) is 8.48. The maximum atomic E-state index is 13.0. The molecule has 1 aliphatic heterocycles. The lowest BCUT2D eigenvalue weighted by molar-refractivity contribution is 0.0590. The highest BCUT2D eigenvalue weighted by Gasteiger charge is 2.26. The molecule has 0 bridgehead atoms. The number of aromatic nitrogens is 2. The second kappa shape index (κ2) is 9.70. The molecule has 2 fully saturated rings. The molecule has 2 heterocycles. The highest BCUT2D eigenvalue weighted by molar-refractivity contribution is 6.32. The van der Waals surface area contributed by atoms with E-state index in [1.807, 2.05) is 17.0 Å². The first-order valence-electron chi connectivity index (χ1n) is 10.7. The fourth-order valence-electron chi connectivity index (χ4n) is 4.01. The molecule has 0 unspecified atom stereocenters. The van der Waals surface area contributed by atoms with Gasteiger partial charge in [-0.3, -0.25) is 9.69 Å². The van der Waals surface area contributed by atoms with Crippen molar-refractivity contribution in [2.75, 3.05) is 57.5 Å². The zero-order valence-corrected chi connectivity index (χ0v) is 18.8. The maximum Gasteiger partial charge on any atom is 0.254 e. The Morgan fingerprint density at radius 2 is 2.03 bits per heavy atom. The van der Waals surface area contributed by atoms with Gasteiger partial charge in [0.1, 0.15) is 16.6 Å². The number of nitrogens with one attached hydrogen (secondary N) is 2. The van der Waals surface area contributed by atoms with E-state index in [2.05, 4.69) is 25.5 Å². The Hall–Kier alpha value is -2.58. The predicted molar refractivity (Wildman–Crippen MR) is 123 cm³/mol. The van der Waals surface area contributed by atoms with Crippen molar-refractivity contribution in [2.45, 2.75) is 19.3 Å². The number of rotatable bonds is 7. The van der Waals surface area contributed by atoms with E-state index in [-0.39, 0.29) is 5.91 Å². The summed E-state index contributed by atoms with van der Waals surface area (Å²) in [6, 6.07) is 5.39. The average molecular weight is 445 g/mol. The third kappa shape index (κ3) is 5.02. The van der Waals surface area contributed by atoms with Crippen LogP contribution in [-0.4, -0.2) is 72.6 Å². The molecular weight excluding hydrogens is 416 g/mol. The lowest BCUT2D eigenvalue weighted by atomic mass is 9.85. The number of hydrogen-bond acceptors (Lipinski definition) is 7. The zero-order valence-electron chi connectivity index (χ0n) is 18.0. The molecule has 0 atom stereocenters. The SMILES string of the molecule is CNc1nc(Nc2ccc(C(=O)N3CCN(CC4CCC4)CC3)cc2OC)ncc1Cl. The minimum Gasteiger partial charge on any atom is -0.495 e. The Kier molecular flexibility index (Phi) is 6.77. The van der Waals surface area contributed by atoms with Gasteiger partial charge in [-0.2, -0.15) is 4.98 Å². The van der Waals surface area contributed by atoms with Gasteiger partial charge in [-0.05, 0) is 37.0 Å². The van der Waals surface area contributed by atoms with E-state index in [1.165, 1.54) is 32.0 Å². The summed E-state index contributed by atoms with van der Waals surface area (Å²) < 4.78 is 5.52. The number of carbonyl (C=O) groups excluding carboxylic acids is 1. The third-order valence-corrected chi connectivity index (χ3v) is 6.35. The highest BCUT2D eigenvalue weighted by Crippen LogP contribution is 2.30. The minimum atomic E-state index is 0.0355. The molecular formula is C22H29ClN6O2. The molecule has 4 rings (SSSR count). The molecule has 2 aromatic rings. The van der Waals surface area contributed by atoms with E-state index < -0.39 is 0 Å². The van der Waals surface area contributed by atoms with Crippen LogP contribution >= 0.6 is 11.6 Å². The van der Waals surface area contributed by atoms with E-state index in [1.54, 1.807) is 20.2 Å². The van der Waals surface area contributed by atoms with Gasteiger partial charge in [0.15, 0.2) is 0 Å². The van der Waals surface area contributed by atoms with Crippen LogP contribution < -0.4 is 15.4 Å². The van der Waals surface area contributed by atoms with Crippen LogP contribution in [0.25, 0.3) is 0 Å². The van der Waals surface area contributed by atoms with Crippen LogP contribution in [0.3, 0.4) is 0 Å². The number of methoxy groups -OCH3 is 1. The number of halogens is 1. The van der Waals surface area contributed by atoms with Crippen molar-refractivity contribution >= 4 is 35.0 Å². The van der Waals surface area contributed by atoms with Gasteiger partial charge in [0.05, 0.1) is 19.0 Å². The molecule has 1 saturated carbocycles. The van der Waals surface area contributed by atoms with Gasteiger partial charge in [0, 0.05) is 45.3 Å². The first-order valence-corrected chi connectivity index (χ1v) is 11.1. The van der Waals surface area contributed by atoms with Crippen LogP contribution in [-0.2, 0) is 0 Å². The normalized spacial score (nSPS) is 17.2. The molecule has 8 nitrogen and oxygen atoms in total. The fourth-order valence-corrected chi connectivity index (χ4v) is 4.19. The van der Waals surface area contributed by atoms with Crippen molar-refractivity contribution in [3.05, 3.63) is 35.0 Å². The van der Waals surface area contributed by atoms with Gasteiger partial charge >= 0.3 is 0 Å². The average Bonchev–Trinajstić information content (AvgIpc) is 2.77. The summed E-state index contributed by atoms with van der Waals surface area (Å²) in [4.78, 5) is 26.0. The minimum absolute atomic E-state index is 0.0355. The van der Waals surface area contributed by atoms with Gasteiger partial charge in [-0.25, -0.2) is 4.98 Å². The summed E-state index contributed by atoms with van der Waals surface area (Å²) in [5.41, 5.74) is 1.29. The van der Waals surface area contributed by atoms with Gasteiger partial charge in [0.25, 0.3) is 5.91 Å². The second-order valence-electron chi connectivity index (χ2n) is 8.07. The number of anilines is 3. The zero-order chi connectivity index (χ0) is 21.8. The highest BCUT2D eigenvalue weighted by atomic mass is 35.5. The van der Waals surface area contributed by atoms with Crippen LogP contribution in [0.5, 0.6) is 5.75 Å². The molecule has 2 aliphatic rings. The molecule has 0 spiro atoms. The Bertz CT molecular complexity index is 928. The molecule has 1 saturated heterocycles. The van der Waals surface area contributed by atoms with Gasteiger partial charge in [0.2, 0.25) is 5.95 Å². The summed E-state index contributed by atoms with van der Waals surface area (Å²) in [6.45, 7) is 4.60. The Morgan fingerprint density at radius 1 is 1.26 bits per heavy atom. The summed E-state index contributed by atoms with van der Waals surface area (Å²) in [5, 5.41) is 6.49. The van der Waals surface area contributed by atoms with Gasteiger partial charge < -0.3 is 20.3 Å². The predicted octanol–water partition coefficient (Wildman–Crippen LogP) is 3.48. The van der Waals surface area contributed by atoms with Crippen LogP contribution in [0.2, 0.25) is 5.02 Å². The van der Waals surface area contributed by atoms with Crippen molar-refractivity contribution in [3.63, 3.8) is 0 Å². The molecule has 1 aliphatic carbocycles. The number of hydrogen-bond donors (Lipinski definition) is 2. The topological polar surface area (TPSA) is 82.6 Å².